The van der Waals surface area contributed by atoms with Gasteiger partial charge in [-0.25, -0.2) is 4.99 Å². The molecule has 1 heterocycles. The maximum atomic E-state index is 11.7. The van der Waals surface area contributed by atoms with Crippen molar-refractivity contribution in [1.29, 1.82) is 0 Å². The van der Waals surface area contributed by atoms with Crippen LogP contribution in [0, 0.1) is 5.92 Å². The van der Waals surface area contributed by atoms with E-state index in [-0.39, 0.29) is 12.5 Å². The van der Waals surface area contributed by atoms with Crippen molar-refractivity contribution in [2.24, 2.45) is 10.9 Å². The van der Waals surface area contributed by atoms with Crippen LogP contribution >= 0.6 is 0 Å². The average Bonchev–Trinajstić information content (AvgIpc) is 2.33. The number of carbonyl (C=O) groups is 1. The number of carbonyl (C=O) groups excluding carboxylic acids is 1. The van der Waals surface area contributed by atoms with Crippen LogP contribution in [-0.4, -0.2) is 61.4 Å². The number of hydrogen-bond donors (Lipinski definition) is 1. The number of amides is 1. The number of likely N-dealkylation sites (tertiary alicyclic amines) is 1. The molecule has 1 N–H and O–H groups in total. The Morgan fingerprint density at radius 2 is 2.16 bits per heavy atom. The zero-order valence-corrected chi connectivity index (χ0v) is 12.9. The smallest absolute Gasteiger partial charge is 0.243 e. The monoisotopic (exact) mass is 268 g/mol. The second-order valence-corrected chi connectivity index (χ2v) is 5.92. The molecule has 0 aromatic rings. The molecule has 1 rings (SSSR count). The summed E-state index contributed by atoms with van der Waals surface area (Å²) in [6.45, 7) is 8.72. The van der Waals surface area contributed by atoms with E-state index in [1.54, 1.807) is 19.0 Å². The Morgan fingerprint density at radius 1 is 1.47 bits per heavy atom. The Labute approximate surface area is 117 Å². The van der Waals surface area contributed by atoms with Crippen LogP contribution in [0.2, 0.25) is 0 Å². The second kappa shape index (κ2) is 7.36. The number of likely N-dealkylation sites (N-methyl/N-ethyl adjacent to an activating group) is 1. The predicted molar refractivity (Wildman–Crippen MR) is 79.2 cm³/mol. The molecule has 1 fully saturated rings. The summed E-state index contributed by atoms with van der Waals surface area (Å²) in [4.78, 5) is 20.0. The molecular formula is C14H28N4O. The van der Waals surface area contributed by atoms with Gasteiger partial charge in [-0.2, -0.15) is 0 Å². The van der Waals surface area contributed by atoms with Crippen LogP contribution < -0.4 is 5.32 Å². The molecule has 0 radical (unpaired) electrons. The van der Waals surface area contributed by atoms with Crippen LogP contribution in [0.15, 0.2) is 4.99 Å². The maximum absolute atomic E-state index is 11.7. The van der Waals surface area contributed by atoms with Gasteiger partial charge >= 0.3 is 0 Å². The molecule has 0 aromatic heterocycles. The maximum Gasteiger partial charge on any atom is 0.243 e. The minimum Gasteiger partial charge on any atom is -0.354 e. The van der Waals surface area contributed by atoms with Crippen LogP contribution in [0.4, 0.5) is 0 Å². The molecule has 5 nitrogen and oxygen atoms in total. The van der Waals surface area contributed by atoms with E-state index < -0.39 is 0 Å². The summed E-state index contributed by atoms with van der Waals surface area (Å²) in [7, 11) is 3.52. The van der Waals surface area contributed by atoms with Gasteiger partial charge < -0.3 is 15.1 Å². The Kier molecular flexibility index (Phi) is 6.12. The first kappa shape index (κ1) is 15.8. The minimum absolute atomic E-state index is 0.0353. The Hall–Kier alpha value is -1.26. The van der Waals surface area contributed by atoms with Gasteiger partial charge in [-0.05, 0) is 32.6 Å². The highest BCUT2D eigenvalue weighted by molar-refractivity contribution is 5.85. The van der Waals surface area contributed by atoms with Gasteiger partial charge in [-0.15, -0.1) is 0 Å². The number of hydrogen-bond acceptors (Lipinski definition) is 2. The SMILES string of the molecule is CC1CCCN(C(=NCC(=O)N(C)C)NC(C)C)C1. The van der Waals surface area contributed by atoms with Crippen molar-refractivity contribution < 1.29 is 4.79 Å². The molecule has 0 spiro atoms. The van der Waals surface area contributed by atoms with Gasteiger partial charge in [0.15, 0.2) is 5.96 Å². The van der Waals surface area contributed by atoms with Crippen LogP contribution in [0.5, 0.6) is 0 Å². The first-order valence-electron chi connectivity index (χ1n) is 7.16. The molecule has 5 heteroatoms. The summed E-state index contributed by atoms with van der Waals surface area (Å²) in [5, 5.41) is 3.37. The second-order valence-electron chi connectivity index (χ2n) is 5.92. The highest BCUT2D eigenvalue weighted by Gasteiger charge is 2.20. The van der Waals surface area contributed by atoms with Crippen molar-refractivity contribution in [3.05, 3.63) is 0 Å². The lowest BCUT2D eigenvalue weighted by molar-refractivity contribution is -0.127. The molecular weight excluding hydrogens is 240 g/mol. The van der Waals surface area contributed by atoms with Crippen LogP contribution in [0.25, 0.3) is 0 Å². The summed E-state index contributed by atoms with van der Waals surface area (Å²) >= 11 is 0. The number of rotatable bonds is 3. The zero-order valence-electron chi connectivity index (χ0n) is 12.9. The number of nitrogens with one attached hydrogen (secondary N) is 1. The molecule has 0 bridgehead atoms. The molecule has 1 atom stereocenters. The molecule has 1 aliphatic heterocycles. The van der Waals surface area contributed by atoms with Crippen molar-refractivity contribution in [3.8, 4) is 0 Å². The van der Waals surface area contributed by atoms with Crippen LogP contribution in [0.3, 0.4) is 0 Å². The van der Waals surface area contributed by atoms with Gasteiger partial charge in [0, 0.05) is 33.2 Å². The lowest BCUT2D eigenvalue weighted by atomic mass is 10.0. The summed E-state index contributed by atoms with van der Waals surface area (Å²) in [5.41, 5.74) is 0. The standard InChI is InChI=1S/C14H28N4O/c1-11(2)16-14(15-9-13(19)17(4)5)18-8-6-7-12(3)10-18/h11-12H,6-10H2,1-5H3,(H,15,16). The molecule has 110 valence electrons. The normalized spacial score (nSPS) is 20.6. The lowest BCUT2D eigenvalue weighted by Gasteiger charge is -2.34. The molecule has 1 unspecified atom stereocenters. The zero-order chi connectivity index (χ0) is 14.4. The fourth-order valence-electron chi connectivity index (χ4n) is 2.16. The van der Waals surface area contributed by atoms with Gasteiger partial charge in [0.25, 0.3) is 0 Å². The number of guanidine groups is 1. The highest BCUT2D eigenvalue weighted by Crippen LogP contribution is 2.15. The van der Waals surface area contributed by atoms with Crippen molar-refractivity contribution in [3.63, 3.8) is 0 Å². The average molecular weight is 268 g/mol. The number of piperidine rings is 1. The number of nitrogens with zero attached hydrogens (tertiary/aromatic N) is 3. The van der Waals surface area contributed by atoms with Crippen LogP contribution in [-0.2, 0) is 4.79 Å². The van der Waals surface area contributed by atoms with E-state index >= 15 is 0 Å². The third-order valence-corrected chi connectivity index (χ3v) is 3.24. The van der Waals surface area contributed by atoms with E-state index in [0.29, 0.717) is 12.0 Å². The topological polar surface area (TPSA) is 47.9 Å². The molecule has 19 heavy (non-hydrogen) atoms. The van der Waals surface area contributed by atoms with E-state index in [1.807, 2.05) is 0 Å². The van der Waals surface area contributed by atoms with E-state index in [1.165, 1.54) is 12.8 Å². The first-order chi connectivity index (χ1) is 8.90. The molecule has 0 saturated carbocycles. The van der Waals surface area contributed by atoms with Gasteiger partial charge in [0.1, 0.15) is 6.54 Å². The summed E-state index contributed by atoms with van der Waals surface area (Å²) in [5.74, 6) is 1.60. The van der Waals surface area contributed by atoms with Crippen molar-refractivity contribution >= 4 is 11.9 Å². The Bertz CT molecular complexity index is 325. The summed E-state index contributed by atoms with van der Waals surface area (Å²) in [6.07, 6.45) is 2.48. The first-order valence-corrected chi connectivity index (χ1v) is 7.16. The molecule has 1 saturated heterocycles. The van der Waals surface area contributed by atoms with Gasteiger partial charge in [0.05, 0.1) is 0 Å². The third-order valence-electron chi connectivity index (χ3n) is 3.24. The largest absolute Gasteiger partial charge is 0.354 e. The number of aliphatic imine (C=N–C) groups is 1. The minimum atomic E-state index is 0.0353. The van der Waals surface area contributed by atoms with Crippen molar-refractivity contribution in [2.75, 3.05) is 33.7 Å². The van der Waals surface area contributed by atoms with Gasteiger partial charge in [-0.1, -0.05) is 6.92 Å². The Morgan fingerprint density at radius 3 is 2.68 bits per heavy atom. The van der Waals surface area contributed by atoms with E-state index in [4.69, 9.17) is 0 Å². The summed E-state index contributed by atoms with van der Waals surface area (Å²) < 4.78 is 0. The van der Waals surface area contributed by atoms with Crippen molar-refractivity contribution in [2.45, 2.75) is 39.7 Å². The van der Waals surface area contributed by atoms with Gasteiger partial charge in [0.2, 0.25) is 5.91 Å². The quantitative estimate of drug-likeness (QED) is 0.617. The summed E-state index contributed by atoms with van der Waals surface area (Å²) in [6, 6.07) is 0.324. The lowest BCUT2D eigenvalue weighted by Crippen LogP contribution is -2.48. The van der Waals surface area contributed by atoms with E-state index in [2.05, 4.69) is 36.0 Å². The fraction of sp³-hybridized carbons (Fsp3) is 0.857. The molecule has 1 aliphatic rings. The Balaban J connectivity index is 2.70. The molecule has 0 aromatic carbocycles. The predicted octanol–water partition coefficient (Wildman–Crippen LogP) is 1.16. The van der Waals surface area contributed by atoms with Crippen LogP contribution in [0.1, 0.15) is 33.6 Å². The van der Waals surface area contributed by atoms with Gasteiger partial charge in [-0.3, -0.25) is 4.79 Å². The van der Waals surface area contributed by atoms with E-state index in [9.17, 15) is 4.79 Å². The highest BCUT2D eigenvalue weighted by atomic mass is 16.2. The third kappa shape index (κ3) is 5.49. The molecule has 0 aliphatic carbocycles. The van der Waals surface area contributed by atoms with Crippen molar-refractivity contribution in [1.82, 2.24) is 15.1 Å². The molecule has 1 amide bonds. The fourth-order valence-corrected chi connectivity index (χ4v) is 2.16. The van der Waals surface area contributed by atoms with E-state index in [0.717, 1.165) is 19.0 Å².